The lowest BCUT2D eigenvalue weighted by molar-refractivity contribution is 0.618. The van der Waals surface area contributed by atoms with E-state index >= 15 is 0 Å². The van der Waals surface area contributed by atoms with E-state index in [1.807, 2.05) is 31.3 Å². The fourth-order valence-corrected chi connectivity index (χ4v) is 2.22. The molecule has 86 valence electrons. The normalized spacial score (nSPS) is 11.2. The lowest BCUT2D eigenvalue weighted by atomic mass is 10.2. The molecule has 1 aromatic carbocycles. The Labute approximate surface area is 106 Å². The number of anilines is 1. The average molecular weight is 292 g/mol. The van der Waals surface area contributed by atoms with Gasteiger partial charge in [0.25, 0.3) is 0 Å². The predicted molar refractivity (Wildman–Crippen MR) is 70.5 cm³/mol. The fourth-order valence-electron chi connectivity index (χ4n) is 1.88. The van der Waals surface area contributed by atoms with Crippen LogP contribution in [0.15, 0.2) is 39.4 Å². The summed E-state index contributed by atoms with van der Waals surface area (Å²) >= 11 is 3.42. The molecule has 3 rings (SSSR count). The molecule has 2 N–H and O–H groups in total. The summed E-state index contributed by atoms with van der Waals surface area (Å²) in [7, 11) is 1.84. The second kappa shape index (κ2) is 3.63. The summed E-state index contributed by atoms with van der Waals surface area (Å²) in [4.78, 5) is 0. The third kappa shape index (κ3) is 1.63. The van der Waals surface area contributed by atoms with E-state index in [0.29, 0.717) is 5.69 Å². The Morgan fingerprint density at radius 2 is 2.18 bits per heavy atom. The Balaban J connectivity index is 2.25. The van der Waals surface area contributed by atoms with Crippen molar-refractivity contribution in [2.75, 3.05) is 5.73 Å². The molecule has 0 unspecified atom stereocenters. The lowest BCUT2D eigenvalue weighted by Crippen LogP contribution is -1.94. The molecule has 0 radical (unpaired) electrons. The Bertz CT molecular complexity index is 679. The molecule has 0 saturated carbocycles. The van der Waals surface area contributed by atoms with Gasteiger partial charge in [-0.05, 0) is 24.3 Å². The fraction of sp³-hybridized carbons (Fsp3) is 0.0833. The largest absolute Gasteiger partial charge is 0.454 e. The van der Waals surface area contributed by atoms with E-state index in [9.17, 15) is 0 Å². The molecule has 5 heteroatoms. The van der Waals surface area contributed by atoms with Gasteiger partial charge in [-0.1, -0.05) is 15.9 Å². The summed E-state index contributed by atoms with van der Waals surface area (Å²) in [5, 5.41) is 5.15. The van der Waals surface area contributed by atoms with Crippen LogP contribution in [0.2, 0.25) is 0 Å². The van der Waals surface area contributed by atoms with E-state index in [1.165, 1.54) is 0 Å². The number of furan rings is 1. The maximum atomic E-state index is 5.87. The van der Waals surface area contributed by atoms with E-state index in [0.717, 1.165) is 26.9 Å². The zero-order valence-electron chi connectivity index (χ0n) is 9.14. The van der Waals surface area contributed by atoms with Gasteiger partial charge in [-0.15, -0.1) is 0 Å². The highest BCUT2D eigenvalue weighted by molar-refractivity contribution is 9.10. The molecule has 2 aromatic heterocycles. The number of benzene rings is 1. The van der Waals surface area contributed by atoms with Gasteiger partial charge in [-0.2, -0.15) is 5.10 Å². The standard InChI is InChI=1S/C12H10BrN3O/c1-16-12(9(14)6-15-16)11-4-7-2-3-8(13)5-10(7)17-11/h2-6H,14H2,1H3. The Morgan fingerprint density at radius 3 is 2.88 bits per heavy atom. The zero-order chi connectivity index (χ0) is 12.0. The highest BCUT2D eigenvalue weighted by Gasteiger charge is 2.13. The summed E-state index contributed by atoms with van der Waals surface area (Å²) in [6.07, 6.45) is 1.62. The molecule has 3 aromatic rings. The van der Waals surface area contributed by atoms with Gasteiger partial charge >= 0.3 is 0 Å². The van der Waals surface area contributed by atoms with Crippen molar-refractivity contribution in [1.29, 1.82) is 0 Å². The molecule has 0 aliphatic heterocycles. The van der Waals surface area contributed by atoms with Crippen molar-refractivity contribution in [3.05, 3.63) is 34.9 Å². The monoisotopic (exact) mass is 291 g/mol. The molecule has 0 fully saturated rings. The minimum absolute atomic E-state index is 0.616. The first-order valence-corrected chi connectivity index (χ1v) is 5.91. The van der Waals surface area contributed by atoms with Gasteiger partial charge in [0.1, 0.15) is 11.3 Å². The number of nitrogens with two attached hydrogens (primary N) is 1. The number of nitrogens with zero attached hydrogens (tertiary/aromatic N) is 2. The van der Waals surface area contributed by atoms with Crippen molar-refractivity contribution < 1.29 is 4.42 Å². The molecule has 0 aliphatic rings. The molecule has 4 nitrogen and oxygen atoms in total. The molecule has 0 aliphatic carbocycles. The molecule has 0 bridgehead atoms. The van der Waals surface area contributed by atoms with Crippen molar-refractivity contribution in [2.45, 2.75) is 0 Å². The summed E-state index contributed by atoms with van der Waals surface area (Å²) in [5.41, 5.74) is 8.12. The minimum atomic E-state index is 0.616. The third-order valence-electron chi connectivity index (χ3n) is 2.68. The summed E-state index contributed by atoms with van der Waals surface area (Å²) in [5.74, 6) is 0.732. The molecule has 0 spiro atoms. The molecule has 2 heterocycles. The van der Waals surface area contributed by atoms with Crippen molar-refractivity contribution >= 4 is 32.6 Å². The molecule has 0 atom stereocenters. The van der Waals surface area contributed by atoms with Crippen LogP contribution in [-0.2, 0) is 7.05 Å². The van der Waals surface area contributed by atoms with E-state index < -0.39 is 0 Å². The SMILES string of the molecule is Cn1ncc(N)c1-c1cc2ccc(Br)cc2o1. The van der Waals surface area contributed by atoms with Crippen LogP contribution in [0.3, 0.4) is 0 Å². The van der Waals surface area contributed by atoms with Crippen molar-refractivity contribution in [1.82, 2.24) is 9.78 Å². The van der Waals surface area contributed by atoms with E-state index in [1.54, 1.807) is 10.9 Å². The molecule has 0 amide bonds. The maximum absolute atomic E-state index is 5.87. The van der Waals surface area contributed by atoms with Crippen molar-refractivity contribution in [2.24, 2.45) is 7.05 Å². The van der Waals surface area contributed by atoms with Crippen LogP contribution in [0.1, 0.15) is 0 Å². The van der Waals surface area contributed by atoms with Crippen LogP contribution >= 0.6 is 15.9 Å². The first-order chi connectivity index (χ1) is 8.15. The third-order valence-corrected chi connectivity index (χ3v) is 3.18. The van der Waals surface area contributed by atoms with Gasteiger partial charge < -0.3 is 10.2 Å². The number of fused-ring (bicyclic) bond motifs is 1. The highest BCUT2D eigenvalue weighted by atomic mass is 79.9. The maximum Gasteiger partial charge on any atom is 0.155 e. The van der Waals surface area contributed by atoms with Gasteiger partial charge in [0.2, 0.25) is 0 Å². The predicted octanol–water partition coefficient (Wildman–Crippen LogP) is 3.18. The molecule has 0 saturated heterocycles. The lowest BCUT2D eigenvalue weighted by Gasteiger charge is -1.98. The van der Waals surface area contributed by atoms with Gasteiger partial charge in [0.15, 0.2) is 5.76 Å². The molecular weight excluding hydrogens is 282 g/mol. The summed E-state index contributed by atoms with van der Waals surface area (Å²) in [6.45, 7) is 0. The summed E-state index contributed by atoms with van der Waals surface area (Å²) < 4.78 is 8.48. The van der Waals surface area contributed by atoms with Crippen molar-refractivity contribution in [3.8, 4) is 11.5 Å². The van der Waals surface area contributed by atoms with Gasteiger partial charge in [-0.25, -0.2) is 0 Å². The molecular formula is C12H10BrN3O. The van der Waals surface area contributed by atoms with Crippen molar-refractivity contribution in [3.63, 3.8) is 0 Å². The van der Waals surface area contributed by atoms with E-state index in [2.05, 4.69) is 21.0 Å². The van der Waals surface area contributed by atoms with Crippen LogP contribution in [0.4, 0.5) is 5.69 Å². The average Bonchev–Trinajstić information content (AvgIpc) is 2.81. The van der Waals surface area contributed by atoms with Crippen LogP contribution in [0, 0.1) is 0 Å². The number of hydrogen-bond donors (Lipinski definition) is 1. The number of aromatic nitrogens is 2. The smallest absolute Gasteiger partial charge is 0.155 e. The number of hydrogen-bond acceptors (Lipinski definition) is 3. The summed E-state index contributed by atoms with van der Waals surface area (Å²) in [6, 6.07) is 7.88. The first-order valence-electron chi connectivity index (χ1n) is 5.12. The number of aryl methyl sites for hydroxylation is 1. The zero-order valence-corrected chi connectivity index (χ0v) is 10.7. The van der Waals surface area contributed by atoms with E-state index in [4.69, 9.17) is 10.2 Å². The molecule has 17 heavy (non-hydrogen) atoms. The van der Waals surface area contributed by atoms with Crippen LogP contribution in [0.5, 0.6) is 0 Å². The number of nitrogen functional groups attached to an aromatic ring is 1. The highest BCUT2D eigenvalue weighted by Crippen LogP contribution is 2.32. The quantitative estimate of drug-likeness (QED) is 0.749. The van der Waals surface area contributed by atoms with E-state index in [-0.39, 0.29) is 0 Å². The topological polar surface area (TPSA) is 57.0 Å². The van der Waals surface area contributed by atoms with Crippen LogP contribution in [-0.4, -0.2) is 9.78 Å². The first kappa shape index (κ1) is 10.4. The van der Waals surface area contributed by atoms with Gasteiger partial charge in [0, 0.05) is 16.9 Å². The second-order valence-corrected chi connectivity index (χ2v) is 4.78. The number of rotatable bonds is 1. The van der Waals surface area contributed by atoms with Gasteiger partial charge in [0.05, 0.1) is 11.9 Å². The Morgan fingerprint density at radius 1 is 1.35 bits per heavy atom. The second-order valence-electron chi connectivity index (χ2n) is 3.86. The minimum Gasteiger partial charge on any atom is -0.454 e. The van der Waals surface area contributed by atoms with Gasteiger partial charge in [-0.3, -0.25) is 4.68 Å². The number of halogens is 1. The Hall–Kier alpha value is -1.75. The Kier molecular flexibility index (Phi) is 2.22. The van der Waals surface area contributed by atoms with Crippen LogP contribution < -0.4 is 5.73 Å². The van der Waals surface area contributed by atoms with Crippen LogP contribution in [0.25, 0.3) is 22.4 Å².